The van der Waals surface area contributed by atoms with Crippen LogP contribution in [0.25, 0.3) is 0 Å². The Kier molecular flexibility index (Phi) is 5.09. The molecule has 106 valence electrons. The molecule has 3 nitrogen and oxygen atoms in total. The van der Waals surface area contributed by atoms with Gasteiger partial charge in [-0.25, -0.2) is 13.1 Å². The summed E-state index contributed by atoms with van der Waals surface area (Å²) in [6.45, 7) is 0.507. The smallest absolute Gasteiger partial charge is 0.211 e. The van der Waals surface area contributed by atoms with E-state index in [-0.39, 0.29) is 5.41 Å². The first-order chi connectivity index (χ1) is 8.97. The largest absolute Gasteiger partial charge is 0.240 e. The minimum Gasteiger partial charge on any atom is -0.211 e. The molecule has 1 aliphatic carbocycles. The molecule has 0 amide bonds. The Labute approximate surface area is 131 Å². The molecule has 1 aliphatic rings. The third kappa shape index (κ3) is 3.80. The summed E-state index contributed by atoms with van der Waals surface area (Å²) in [7, 11) is -3.42. The van der Waals surface area contributed by atoms with Gasteiger partial charge in [0.05, 0.1) is 4.90 Å². The van der Waals surface area contributed by atoms with Crippen LogP contribution in [0.4, 0.5) is 0 Å². The van der Waals surface area contributed by atoms with Crippen molar-refractivity contribution in [2.75, 3.05) is 11.9 Å². The fraction of sp³-hybridized carbons (Fsp3) is 0.538. The molecule has 0 heterocycles. The molecule has 1 aromatic rings. The molecule has 1 fully saturated rings. The Bertz CT molecular complexity index is 539. The van der Waals surface area contributed by atoms with E-state index >= 15 is 0 Å². The molecule has 19 heavy (non-hydrogen) atoms. The van der Waals surface area contributed by atoms with Gasteiger partial charge in [0.15, 0.2) is 0 Å². The van der Waals surface area contributed by atoms with E-state index in [1.165, 1.54) is 12.8 Å². The van der Waals surface area contributed by atoms with Gasteiger partial charge in [0.1, 0.15) is 0 Å². The summed E-state index contributed by atoms with van der Waals surface area (Å²) in [4.78, 5) is 0.310. The molecule has 1 saturated carbocycles. The predicted molar refractivity (Wildman–Crippen MR) is 84.0 cm³/mol. The van der Waals surface area contributed by atoms with E-state index in [4.69, 9.17) is 0 Å². The van der Waals surface area contributed by atoms with Gasteiger partial charge in [-0.2, -0.15) is 0 Å². The number of nitrogens with one attached hydrogen (secondary N) is 1. The molecule has 0 bridgehead atoms. The maximum Gasteiger partial charge on any atom is 0.240 e. The molecule has 0 aromatic heterocycles. The minimum atomic E-state index is -3.42. The molecule has 1 aromatic carbocycles. The van der Waals surface area contributed by atoms with Gasteiger partial charge in [-0.3, -0.25) is 0 Å². The highest BCUT2D eigenvalue weighted by molar-refractivity contribution is 9.10. The van der Waals surface area contributed by atoms with Gasteiger partial charge in [-0.1, -0.05) is 50.8 Å². The van der Waals surface area contributed by atoms with E-state index < -0.39 is 10.0 Å². The predicted octanol–water partition coefficient (Wildman–Crippen LogP) is 3.68. The normalized spacial score (nSPS) is 18.6. The van der Waals surface area contributed by atoms with Gasteiger partial charge in [-0.15, -0.1) is 0 Å². The molecule has 2 rings (SSSR count). The number of hydrogen-bond donors (Lipinski definition) is 1. The zero-order valence-electron chi connectivity index (χ0n) is 10.5. The van der Waals surface area contributed by atoms with Gasteiger partial charge in [0.25, 0.3) is 0 Å². The summed E-state index contributed by atoms with van der Waals surface area (Å²) >= 11 is 6.82. The topological polar surface area (TPSA) is 46.2 Å². The van der Waals surface area contributed by atoms with Crippen molar-refractivity contribution in [2.45, 2.75) is 30.6 Å². The van der Waals surface area contributed by atoms with Crippen molar-refractivity contribution in [1.29, 1.82) is 0 Å². The molecule has 6 heteroatoms. The summed E-state index contributed by atoms with van der Waals surface area (Å²) in [5.74, 6) is 0. The first kappa shape index (κ1) is 15.5. The number of sulfonamides is 1. The van der Waals surface area contributed by atoms with Crippen molar-refractivity contribution in [3.05, 3.63) is 28.7 Å². The van der Waals surface area contributed by atoms with Crippen molar-refractivity contribution in [3.8, 4) is 0 Å². The van der Waals surface area contributed by atoms with Crippen molar-refractivity contribution in [3.63, 3.8) is 0 Å². The van der Waals surface area contributed by atoms with E-state index in [9.17, 15) is 8.42 Å². The number of hydrogen-bond acceptors (Lipinski definition) is 2. The van der Waals surface area contributed by atoms with Gasteiger partial charge < -0.3 is 0 Å². The molecule has 0 spiro atoms. The quantitative estimate of drug-likeness (QED) is 0.752. The summed E-state index contributed by atoms with van der Waals surface area (Å²) in [5, 5.41) is 0.848. The fourth-order valence-electron chi connectivity index (χ4n) is 2.45. The molecule has 0 unspecified atom stereocenters. The van der Waals surface area contributed by atoms with Crippen LogP contribution in [0.2, 0.25) is 0 Å². The van der Waals surface area contributed by atoms with Crippen LogP contribution in [0, 0.1) is 5.41 Å². The lowest BCUT2D eigenvalue weighted by atomic mass is 9.89. The average molecular weight is 411 g/mol. The first-order valence-corrected chi connectivity index (χ1v) is 9.68. The summed E-state index contributed by atoms with van der Waals surface area (Å²) in [5.41, 5.74) is 0.0824. The maximum absolute atomic E-state index is 12.3. The Hall–Kier alpha value is 0.0900. The second-order valence-electron chi connectivity index (χ2n) is 5.12. The van der Waals surface area contributed by atoms with E-state index in [0.717, 1.165) is 22.6 Å². The van der Waals surface area contributed by atoms with Crippen LogP contribution >= 0.6 is 31.9 Å². The molecule has 0 atom stereocenters. The molecule has 0 aliphatic heterocycles. The summed E-state index contributed by atoms with van der Waals surface area (Å²) in [6.07, 6.45) is 4.53. The second-order valence-corrected chi connectivity index (χ2v) is 8.37. The lowest BCUT2D eigenvalue weighted by molar-refractivity contribution is 0.347. The number of halogens is 2. The molecule has 0 radical (unpaired) electrons. The SMILES string of the molecule is O=S(=O)(NCC1(CBr)CCCC1)c1cccc(Br)c1. The number of alkyl halides is 1. The van der Waals surface area contributed by atoms with E-state index in [0.29, 0.717) is 11.4 Å². The van der Waals surface area contributed by atoms with Crippen LogP contribution in [0.3, 0.4) is 0 Å². The fourth-order valence-corrected chi connectivity index (χ4v) is 4.96. The monoisotopic (exact) mass is 409 g/mol. The van der Waals surface area contributed by atoms with Crippen molar-refractivity contribution < 1.29 is 8.42 Å². The van der Waals surface area contributed by atoms with Gasteiger partial charge >= 0.3 is 0 Å². The van der Waals surface area contributed by atoms with Crippen molar-refractivity contribution in [1.82, 2.24) is 4.72 Å². The zero-order chi connectivity index (χ0) is 13.9. The molecule has 1 N–H and O–H groups in total. The highest BCUT2D eigenvalue weighted by Gasteiger charge is 2.34. The average Bonchev–Trinajstić information content (AvgIpc) is 2.86. The lowest BCUT2D eigenvalue weighted by Crippen LogP contribution is -2.37. The van der Waals surface area contributed by atoms with Crippen molar-refractivity contribution >= 4 is 41.9 Å². The van der Waals surface area contributed by atoms with Crippen LogP contribution in [0.1, 0.15) is 25.7 Å². The number of rotatable bonds is 5. The van der Waals surface area contributed by atoms with Gasteiger partial charge in [0.2, 0.25) is 10.0 Å². The van der Waals surface area contributed by atoms with E-state index in [1.54, 1.807) is 18.2 Å². The minimum absolute atomic E-state index is 0.0824. The molecule has 0 saturated heterocycles. The first-order valence-electron chi connectivity index (χ1n) is 6.29. The van der Waals surface area contributed by atoms with Crippen LogP contribution in [-0.2, 0) is 10.0 Å². The van der Waals surface area contributed by atoms with E-state index in [2.05, 4.69) is 36.6 Å². The van der Waals surface area contributed by atoms with Crippen LogP contribution < -0.4 is 4.72 Å². The van der Waals surface area contributed by atoms with Crippen LogP contribution in [-0.4, -0.2) is 20.3 Å². The third-order valence-corrected chi connectivity index (χ3v) is 6.77. The zero-order valence-corrected chi connectivity index (χ0v) is 14.5. The second kappa shape index (κ2) is 6.24. The standard InChI is InChI=1S/C13H17Br2NO2S/c14-9-13(6-1-2-7-13)10-16-19(17,18)12-5-3-4-11(15)8-12/h3-5,8,16H,1-2,6-7,9-10H2. The van der Waals surface area contributed by atoms with Crippen LogP contribution in [0.15, 0.2) is 33.6 Å². The molecular formula is C13H17Br2NO2S. The van der Waals surface area contributed by atoms with E-state index in [1.807, 2.05) is 6.07 Å². The Morgan fingerprint density at radius 3 is 2.53 bits per heavy atom. The van der Waals surface area contributed by atoms with Crippen LogP contribution in [0.5, 0.6) is 0 Å². The Balaban J connectivity index is 2.09. The summed E-state index contributed by atoms with van der Waals surface area (Å²) in [6, 6.07) is 6.78. The summed E-state index contributed by atoms with van der Waals surface area (Å²) < 4.78 is 28.0. The molecular weight excluding hydrogens is 394 g/mol. The maximum atomic E-state index is 12.3. The third-order valence-electron chi connectivity index (χ3n) is 3.69. The van der Waals surface area contributed by atoms with Crippen molar-refractivity contribution in [2.24, 2.45) is 5.41 Å². The lowest BCUT2D eigenvalue weighted by Gasteiger charge is -2.26. The highest BCUT2D eigenvalue weighted by Crippen LogP contribution is 2.39. The Morgan fingerprint density at radius 2 is 1.95 bits per heavy atom. The van der Waals surface area contributed by atoms with Gasteiger partial charge in [0, 0.05) is 16.3 Å². The highest BCUT2D eigenvalue weighted by atomic mass is 79.9. The Morgan fingerprint density at radius 1 is 1.26 bits per heavy atom. The van der Waals surface area contributed by atoms with Gasteiger partial charge in [-0.05, 0) is 36.5 Å². The number of benzene rings is 1.